The topological polar surface area (TPSA) is 61.7 Å². The van der Waals surface area contributed by atoms with Gasteiger partial charge in [0.25, 0.3) is 5.56 Å². The summed E-state index contributed by atoms with van der Waals surface area (Å²) >= 11 is 0. The molecule has 2 aliphatic rings. The maximum absolute atomic E-state index is 12.6. The van der Waals surface area contributed by atoms with Gasteiger partial charge in [0.1, 0.15) is 6.54 Å². The highest BCUT2D eigenvalue weighted by atomic mass is 16.2. The Morgan fingerprint density at radius 1 is 1.15 bits per heavy atom. The van der Waals surface area contributed by atoms with Crippen molar-refractivity contribution in [2.45, 2.75) is 46.2 Å². The number of carbonyl (C=O) groups is 1. The van der Waals surface area contributed by atoms with Crippen LogP contribution in [0.4, 0.5) is 0 Å². The second-order valence-electron chi connectivity index (χ2n) is 8.21. The first-order valence-electron chi connectivity index (χ1n) is 10.1. The Morgan fingerprint density at radius 2 is 1.78 bits per heavy atom. The summed E-state index contributed by atoms with van der Waals surface area (Å²) in [6.45, 7) is 12.2. The van der Waals surface area contributed by atoms with E-state index in [0.717, 1.165) is 63.4 Å². The summed E-state index contributed by atoms with van der Waals surface area (Å²) in [5.41, 5.74) is 1.45. The Balaban J connectivity index is 1.52. The number of nitrogens with zero attached hydrogens (tertiary/aromatic N) is 5. The number of aromatic nitrogens is 2. The van der Waals surface area contributed by atoms with Gasteiger partial charge >= 0.3 is 0 Å². The molecule has 150 valence electrons. The number of aryl methyl sites for hydroxylation is 2. The van der Waals surface area contributed by atoms with Gasteiger partial charge < -0.3 is 9.80 Å². The summed E-state index contributed by atoms with van der Waals surface area (Å²) in [5.74, 6) is 0.637. The predicted octanol–water partition coefficient (Wildman–Crippen LogP) is 0.735. The van der Waals surface area contributed by atoms with Crippen LogP contribution in [0.5, 0.6) is 0 Å². The van der Waals surface area contributed by atoms with Gasteiger partial charge in [-0.05, 0) is 52.1 Å². The van der Waals surface area contributed by atoms with Gasteiger partial charge in [-0.15, -0.1) is 0 Å². The van der Waals surface area contributed by atoms with Crippen LogP contribution >= 0.6 is 0 Å². The summed E-state index contributed by atoms with van der Waals surface area (Å²) in [7, 11) is 2.18. The van der Waals surface area contributed by atoms with E-state index in [9.17, 15) is 9.59 Å². The first-order valence-corrected chi connectivity index (χ1v) is 10.1. The average Bonchev–Trinajstić information content (AvgIpc) is 2.66. The molecule has 0 radical (unpaired) electrons. The number of rotatable bonds is 4. The molecule has 2 aliphatic heterocycles. The van der Waals surface area contributed by atoms with Gasteiger partial charge in [0.2, 0.25) is 5.91 Å². The van der Waals surface area contributed by atoms with Crippen molar-refractivity contribution in [2.75, 3.05) is 46.3 Å². The average molecular weight is 376 g/mol. The molecule has 2 fully saturated rings. The van der Waals surface area contributed by atoms with Crippen molar-refractivity contribution < 1.29 is 4.79 Å². The molecule has 0 N–H and O–H groups in total. The lowest BCUT2D eigenvalue weighted by Gasteiger charge is -2.42. The number of hydrogen-bond acceptors (Lipinski definition) is 5. The van der Waals surface area contributed by atoms with Crippen LogP contribution < -0.4 is 5.56 Å². The third-order valence-electron chi connectivity index (χ3n) is 6.41. The van der Waals surface area contributed by atoms with Crippen LogP contribution in [0.3, 0.4) is 0 Å². The molecule has 1 unspecified atom stereocenters. The molecule has 1 atom stereocenters. The SMILES string of the molecule is Cc1cc(=O)n(CC(=O)N2CCC(C(C)N3CCN(C)CC3)CC2)nc1C. The molecule has 0 spiro atoms. The van der Waals surface area contributed by atoms with Gasteiger partial charge in [-0.3, -0.25) is 14.5 Å². The molecule has 0 bridgehead atoms. The predicted molar refractivity (Wildman–Crippen MR) is 106 cm³/mol. The zero-order valence-corrected chi connectivity index (χ0v) is 17.1. The van der Waals surface area contributed by atoms with E-state index in [1.165, 1.54) is 4.68 Å². The van der Waals surface area contributed by atoms with Crippen LogP contribution in [0.1, 0.15) is 31.0 Å². The van der Waals surface area contributed by atoms with Crippen LogP contribution in [0.2, 0.25) is 0 Å². The fourth-order valence-electron chi connectivity index (χ4n) is 4.17. The van der Waals surface area contributed by atoms with E-state index in [4.69, 9.17) is 0 Å². The lowest BCUT2D eigenvalue weighted by Crippen LogP contribution is -2.52. The van der Waals surface area contributed by atoms with E-state index in [2.05, 4.69) is 28.9 Å². The van der Waals surface area contributed by atoms with Gasteiger partial charge in [0.05, 0.1) is 5.69 Å². The number of hydrogen-bond donors (Lipinski definition) is 0. The number of piperidine rings is 1. The van der Waals surface area contributed by atoms with Crippen molar-refractivity contribution in [1.29, 1.82) is 0 Å². The zero-order valence-electron chi connectivity index (χ0n) is 17.1. The van der Waals surface area contributed by atoms with Crippen LogP contribution in [0, 0.1) is 19.8 Å². The first kappa shape index (κ1) is 20.0. The minimum absolute atomic E-state index is 0.00134. The lowest BCUT2D eigenvalue weighted by molar-refractivity contribution is -0.133. The quantitative estimate of drug-likeness (QED) is 0.777. The Morgan fingerprint density at radius 3 is 2.41 bits per heavy atom. The van der Waals surface area contributed by atoms with Crippen molar-refractivity contribution in [1.82, 2.24) is 24.5 Å². The summed E-state index contributed by atoms with van der Waals surface area (Å²) in [5, 5.41) is 4.26. The Kier molecular flexibility index (Phi) is 6.32. The molecule has 2 saturated heterocycles. The fraction of sp³-hybridized carbons (Fsp3) is 0.750. The molecule has 1 aromatic heterocycles. The van der Waals surface area contributed by atoms with Crippen molar-refractivity contribution in [3.05, 3.63) is 27.7 Å². The van der Waals surface area contributed by atoms with Crippen molar-refractivity contribution in [3.8, 4) is 0 Å². The molecule has 0 aliphatic carbocycles. The smallest absolute Gasteiger partial charge is 0.267 e. The summed E-state index contributed by atoms with van der Waals surface area (Å²) < 4.78 is 1.30. The maximum atomic E-state index is 12.6. The van der Waals surface area contributed by atoms with E-state index in [1.54, 1.807) is 6.07 Å². The van der Waals surface area contributed by atoms with Gasteiger partial charge in [-0.1, -0.05) is 0 Å². The highest BCUT2D eigenvalue weighted by molar-refractivity contribution is 5.76. The zero-order chi connectivity index (χ0) is 19.6. The number of likely N-dealkylation sites (tertiary alicyclic amines) is 1. The molecule has 27 heavy (non-hydrogen) atoms. The van der Waals surface area contributed by atoms with Crippen molar-refractivity contribution in [2.24, 2.45) is 5.92 Å². The summed E-state index contributed by atoms with van der Waals surface area (Å²) in [6.07, 6.45) is 2.07. The molecule has 7 heteroatoms. The second kappa shape index (κ2) is 8.52. The third kappa shape index (κ3) is 4.76. The van der Waals surface area contributed by atoms with E-state index in [1.807, 2.05) is 18.7 Å². The van der Waals surface area contributed by atoms with Crippen molar-refractivity contribution >= 4 is 5.91 Å². The molecule has 3 rings (SSSR count). The molecule has 7 nitrogen and oxygen atoms in total. The number of amides is 1. The molecule has 1 aromatic rings. The molecular formula is C20H33N5O2. The maximum Gasteiger partial charge on any atom is 0.267 e. The molecule has 1 amide bonds. The van der Waals surface area contributed by atoms with Gasteiger partial charge in [0.15, 0.2) is 0 Å². The molecule has 0 saturated carbocycles. The highest BCUT2D eigenvalue weighted by Gasteiger charge is 2.30. The Hall–Kier alpha value is -1.73. The molecular weight excluding hydrogens is 342 g/mol. The van der Waals surface area contributed by atoms with E-state index < -0.39 is 0 Å². The number of carbonyl (C=O) groups excluding carboxylic acids is 1. The van der Waals surface area contributed by atoms with Crippen LogP contribution in [-0.4, -0.2) is 82.7 Å². The van der Waals surface area contributed by atoms with Gasteiger partial charge in [-0.2, -0.15) is 5.10 Å². The highest BCUT2D eigenvalue weighted by Crippen LogP contribution is 2.25. The van der Waals surface area contributed by atoms with Crippen LogP contribution in [0.25, 0.3) is 0 Å². The van der Waals surface area contributed by atoms with Crippen molar-refractivity contribution in [3.63, 3.8) is 0 Å². The number of piperazine rings is 1. The minimum atomic E-state index is -0.204. The fourth-order valence-corrected chi connectivity index (χ4v) is 4.17. The van der Waals surface area contributed by atoms with E-state index in [0.29, 0.717) is 12.0 Å². The standard InChI is InChI=1S/C20H33N5O2/c1-15-13-19(26)25(21-16(15)2)14-20(27)24-7-5-18(6-8-24)17(3)23-11-9-22(4)10-12-23/h13,17-18H,5-12,14H2,1-4H3. The Bertz CT molecular complexity index is 716. The van der Waals surface area contributed by atoms with Crippen LogP contribution in [0.15, 0.2) is 10.9 Å². The monoisotopic (exact) mass is 375 g/mol. The third-order valence-corrected chi connectivity index (χ3v) is 6.41. The first-order chi connectivity index (χ1) is 12.8. The summed E-state index contributed by atoms with van der Waals surface area (Å²) in [4.78, 5) is 31.6. The number of likely N-dealkylation sites (N-methyl/N-ethyl adjacent to an activating group) is 1. The minimum Gasteiger partial charge on any atom is -0.341 e. The largest absolute Gasteiger partial charge is 0.341 e. The second-order valence-corrected chi connectivity index (χ2v) is 8.21. The van der Waals surface area contributed by atoms with Gasteiger partial charge in [0, 0.05) is 51.4 Å². The Labute approximate surface area is 161 Å². The normalized spacial score (nSPS) is 21.4. The summed E-state index contributed by atoms with van der Waals surface area (Å²) in [6, 6.07) is 2.12. The van der Waals surface area contributed by atoms with E-state index in [-0.39, 0.29) is 18.0 Å². The van der Waals surface area contributed by atoms with Crippen LogP contribution in [-0.2, 0) is 11.3 Å². The van der Waals surface area contributed by atoms with E-state index >= 15 is 0 Å². The van der Waals surface area contributed by atoms with Gasteiger partial charge in [-0.25, -0.2) is 4.68 Å². The molecule has 3 heterocycles. The lowest BCUT2D eigenvalue weighted by atomic mass is 9.89. The molecule has 0 aromatic carbocycles.